The van der Waals surface area contributed by atoms with Gasteiger partial charge in [-0.1, -0.05) is 40.9 Å². The first-order valence-electron chi connectivity index (χ1n) is 8.22. The summed E-state index contributed by atoms with van der Waals surface area (Å²) >= 11 is 2.57. The lowest BCUT2D eigenvalue weighted by Gasteiger charge is -1.99. The third kappa shape index (κ3) is 3.73. The van der Waals surface area contributed by atoms with Crippen molar-refractivity contribution in [3.63, 3.8) is 0 Å². The van der Waals surface area contributed by atoms with Gasteiger partial charge in [-0.2, -0.15) is 0 Å². The van der Waals surface area contributed by atoms with Crippen LogP contribution in [0, 0.1) is 10.1 Å². The molecule has 0 radical (unpaired) electrons. The molecule has 0 saturated carbocycles. The van der Waals surface area contributed by atoms with Crippen LogP contribution >= 0.6 is 22.7 Å². The minimum absolute atomic E-state index is 0.0119. The zero-order valence-corrected chi connectivity index (χ0v) is 16.0. The van der Waals surface area contributed by atoms with E-state index in [0.717, 1.165) is 15.8 Å². The normalized spacial score (nSPS) is 11.0. The van der Waals surface area contributed by atoms with E-state index in [1.807, 2.05) is 18.2 Å². The van der Waals surface area contributed by atoms with Crippen molar-refractivity contribution in [3.8, 4) is 10.6 Å². The summed E-state index contributed by atoms with van der Waals surface area (Å²) in [7, 11) is 0. The number of hydrogen-bond acceptors (Lipinski definition) is 9. The van der Waals surface area contributed by atoms with Crippen LogP contribution in [-0.4, -0.2) is 25.9 Å². The number of carbonyl (C=O) groups is 1. The van der Waals surface area contributed by atoms with Crippen LogP contribution in [0.25, 0.3) is 20.8 Å². The van der Waals surface area contributed by atoms with Crippen LogP contribution in [0.3, 0.4) is 0 Å². The largest absolute Gasteiger partial charge is 0.375 e. The first-order chi connectivity index (χ1) is 13.5. The number of hydrogen-bond donors (Lipinski definition) is 1. The second-order valence-corrected chi connectivity index (χ2v) is 8.15. The molecule has 0 amide bonds. The summed E-state index contributed by atoms with van der Waals surface area (Å²) in [4.78, 5) is 27.4. The predicted molar refractivity (Wildman–Crippen MR) is 108 cm³/mol. The highest BCUT2D eigenvalue weighted by atomic mass is 32.1. The van der Waals surface area contributed by atoms with Crippen LogP contribution < -0.4 is 5.73 Å². The first-order valence-corrected chi connectivity index (χ1v) is 9.86. The van der Waals surface area contributed by atoms with E-state index in [1.165, 1.54) is 28.7 Å². The van der Waals surface area contributed by atoms with Crippen molar-refractivity contribution >= 4 is 49.5 Å². The Bertz CT molecular complexity index is 1200. The van der Waals surface area contributed by atoms with Gasteiger partial charge in [0.15, 0.2) is 10.1 Å². The van der Waals surface area contributed by atoms with E-state index in [2.05, 4.69) is 15.2 Å². The summed E-state index contributed by atoms with van der Waals surface area (Å²) in [5, 5.41) is 20.7. The number of anilines is 1. The van der Waals surface area contributed by atoms with Gasteiger partial charge >= 0.3 is 0 Å². The lowest BCUT2D eigenvalue weighted by Crippen LogP contribution is -2.06. The van der Waals surface area contributed by atoms with Crippen molar-refractivity contribution in [3.05, 3.63) is 63.1 Å². The van der Waals surface area contributed by atoms with Crippen LogP contribution in [0.15, 0.2) is 42.5 Å². The Morgan fingerprint density at radius 3 is 2.75 bits per heavy atom. The Kier molecular flexibility index (Phi) is 4.80. The van der Waals surface area contributed by atoms with Gasteiger partial charge in [-0.05, 0) is 23.8 Å². The highest BCUT2D eigenvalue weighted by Gasteiger charge is 2.19. The molecule has 0 aliphatic carbocycles. The zero-order chi connectivity index (χ0) is 19.7. The lowest BCUT2D eigenvalue weighted by molar-refractivity contribution is -0.384. The Morgan fingerprint density at radius 1 is 1.11 bits per heavy atom. The molecule has 0 spiro atoms. The molecule has 0 aliphatic rings. The smallest absolute Gasteiger partial charge is 0.279 e. The number of rotatable bonds is 6. The molecule has 0 aliphatic heterocycles. The number of nitrogen functional groups attached to an aromatic ring is 1. The Hall–Kier alpha value is -3.24. The van der Waals surface area contributed by atoms with Crippen LogP contribution in [0.2, 0.25) is 0 Å². The lowest BCUT2D eigenvalue weighted by atomic mass is 10.1. The molecule has 0 fully saturated rings. The molecule has 2 N–H and O–H groups in total. The van der Waals surface area contributed by atoms with E-state index < -0.39 is 4.92 Å². The number of nitro benzene ring substituents is 1. The highest BCUT2D eigenvalue weighted by molar-refractivity contribution is 7.22. The quantitative estimate of drug-likeness (QED) is 0.379. The van der Waals surface area contributed by atoms with Gasteiger partial charge in [-0.25, -0.2) is 4.98 Å². The Labute approximate surface area is 166 Å². The molecule has 0 unspecified atom stereocenters. The monoisotopic (exact) mass is 411 g/mol. The van der Waals surface area contributed by atoms with Crippen molar-refractivity contribution in [2.75, 3.05) is 5.73 Å². The van der Waals surface area contributed by atoms with Crippen molar-refractivity contribution in [1.82, 2.24) is 15.2 Å². The van der Waals surface area contributed by atoms with Gasteiger partial charge in [0.25, 0.3) is 5.69 Å². The molecule has 4 aromatic rings. The number of nitro groups is 1. The fourth-order valence-electron chi connectivity index (χ4n) is 2.80. The molecular formula is C18H13N5O3S2. The fraction of sp³-hybridized carbons (Fsp3) is 0.111. The molecular weight excluding hydrogens is 398 g/mol. The minimum Gasteiger partial charge on any atom is -0.375 e. The fourth-order valence-corrected chi connectivity index (χ4v) is 4.50. The standard InChI is InChI=1S/C18H13N5O3S2/c19-18-20-13-6-5-10(8-15(13)27-18)7-11(24)9-16-21-22-17(28-16)12-3-1-2-4-14(12)23(25)26/h1-6,8H,7,9H2,(H2,19,20). The van der Waals surface area contributed by atoms with Crippen LogP contribution in [0.4, 0.5) is 10.8 Å². The van der Waals surface area contributed by atoms with Crippen molar-refractivity contribution < 1.29 is 9.72 Å². The molecule has 140 valence electrons. The third-order valence-corrected chi connectivity index (χ3v) is 5.82. The molecule has 2 aromatic heterocycles. The van der Waals surface area contributed by atoms with Gasteiger partial charge in [0.1, 0.15) is 10.8 Å². The number of fused-ring (bicyclic) bond motifs is 1. The topological polar surface area (TPSA) is 125 Å². The Balaban J connectivity index is 1.49. The van der Waals surface area contributed by atoms with Crippen LogP contribution in [-0.2, 0) is 17.6 Å². The van der Waals surface area contributed by atoms with E-state index in [-0.39, 0.29) is 24.3 Å². The number of Topliss-reactive ketones (excluding diaryl/α,β-unsaturated/α-hetero) is 1. The van der Waals surface area contributed by atoms with Crippen molar-refractivity contribution in [2.24, 2.45) is 0 Å². The van der Waals surface area contributed by atoms with Gasteiger partial charge in [0.05, 0.1) is 27.1 Å². The van der Waals surface area contributed by atoms with Crippen molar-refractivity contribution in [2.45, 2.75) is 12.8 Å². The molecule has 0 atom stereocenters. The van der Waals surface area contributed by atoms with Gasteiger partial charge in [-0.3, -0.25) is 14.9 Å². The minimum atomic E-state index is -0.454. The number of carbonyl (C=O) groups excluding carboxylic acids is 1. The number of nitrogens with two attached hydrogens (primary N) is 1. The Morgan fingerprint density at radius 2 is 1.93 bits per heavy atom. The molecule has 4 rings (SSSR count). The summed E-state index contributed by atoms with van der Waals surface area (Å²) in [5.41, 5.74) is 7.77. The van der Waals surface area contributed by atoms with E-state index in [9.17, 15) is 14.9 Å². The molecule has 0 saturated heterocycles. The number of aromatic nitrogens is 3. The van der Waals surface area contributed by atoms with Crippen LogP contribution in [0.5, 0.6) is 0 Å². The highest BCUT2D eigenvalue weighted by Crippen LogP contribution is 2.32. The summed E-state index contributed by atoms with van der Waals surface area (Å²) < 4.78 is 0.942. The maximum absolute atomic E-state index is 12.4. The average Bonchev–Trinajstić information content (AvgIpc) is 3.26. The predicted octanol–water partition coefficient (Wildman–Crippen LogP) is 3.66. The zero-order valence-electron chi connectivity index (χ0n) is 14.4. The summed E-state index contributed by atoms with van der Waals surface area (Å²) in [6, 6.07) is 12.0. The first kappa shape index (κ1) is 18.1. The summed E-state index contributed by atoms with van der Waals surface area (Å²) in [5.74, 6) is -0.0119. The maximum atomic E-state index is 12.4. The number of ketones is 1. The van der Waals surface area contributed by atoms with Crippen molar-refractivity contribution in [1.29, 1.82) is 0 Å². The average molecular weight is 411 g/mol. The third-order valence-electron chi connectivity index (χ3n) is 4.02. The number of para-hydroxylation sites is 1. The second kappa shape index (κ2) is 7.41. The molecule has 10 heteroatoms. The SMILES string of the molecule is Nc1nc2ccc(CC(=O)Cc3nnc(-c4ccccc4[N+](=O)[O-])s3)cc2s1. The molecule has 2 heterocycles. The van der Waals surface area contributed by atoms with Gasteiger partial charge in [0, 0.05) is 12.5 Å². The van der Waals surface area contributed by atoms with E-state index in [0.29, 0.717) is 20.7 Å². The molecule has 8 nitrogen and oxygen atoms in total. The molecule has 2 aromatic carbocycles. The van der Waals surface area contributed by atoms with Gasteiger partial charge in [0.2, 0.25) is 0 Å². The summed E-state index contributed by atoms with van der Waals surface area (Å²) in [6.07, 6.45) is 0.384. The second-order valence-electron chi connectivity index (χ2n) is 6.02. The van der Waals surface area contributed by atoms with E-state index >= 15 is 0 Å². The van der Waals surface area contributed by atoms with E-state index in [1.54, 1.807) is 18.2 Å². The number of nitrogens with zero attached hydrogens (tertiary/aromatic N) is 4. The van der Waals surface area contributed by atoms with Crippen LogP contribution in [0.1, 0.15) is 10.6 Å². The number of thiazole rings is 1. The molecule has 28 heavy (non-hydrogen) atoms. The van der Waals surface area contributed by atoms with Gasteiger partial charge < -0.3 is 5.73 Å². The number of benzene rings is 2. The maximum Gasteiger partial charge on any atom is 0.279 e. The van der Waals surface area contributed by atoms with E-state index in [4.69, 9.17) is 5.73 Å². The summed E-state index contributed by atoms with van der Waals surface area (Å²) in [6.45, 7) is 0. The molecule has 0 bridgehead atoms. The van der Waals surface area contributed by atoms with Gasteiger partial charge in [-0.15, -0.1) is 10.2 Å².